The van der Waals surface area contributed by atoms with Gasteiger partial charge in [0.25, 0.3) is 0 Å². The molecule has 1 aliphatic carbocycles. The summed E-state index contributed by atoms with van der Waals surface area (Å²) in [4.78, 5) is 13.9. The van der Waals surface area contributed by atoms with Gasteiger partial charge in [0.15, 0.2) is 0 Å². The maximum absolute atomic E-state index is 10.8. The molecule has 1 saturated carbocycles. The molecule has 0 radical (unpaired) electrons. The van der Waals surface area contributed by atoms with Gasteiger partial charge in [-0.1, -0.05) is 24.6 Å². The summed E-state index contributed by atoms with van der Waals surface area (Å²) in [5.74, 6) is 0.931. The second-order valence-corrected chi connectivity index (χ2v) is 9.54. The highest BCUT2D eigenvalue weighted by Crippen LogP contribution is 2.30. The van der Waals surface area contributed by atoms with Gasteiger partial charge in [-0.25, -0.2) is 9.97 Å². The second-order valence-electron chi connectivity index (χ2n) is 9.54. The molecule has 2 aromatic heterocycles. The van der Waals surface area contributed by atoms with Crippen molar-refractivity contribution in [3.8, 4) is 5.88 Å². The average Bonchev–Trinajstić information content (AvgIpc) is 2.90. The van der Waals surface area contributed by atoms with Gasteiger partial charge in [0.05, 0.1) is 23.6 Å². The summed E-state index contributed by atoms with van der Waals surface area (Å²) in [6.45, 7) is 4.60. The van der Waals surface area contributed by atoms with Crippen LogP contribution in [0.1, 0.15) is 36.0 Å². The molecule has 1 saturated heterocycles. The molecule has 0 amide bonds. The van der Waals surface area contributed by atoms with Gasteiger partial charge in [0.2, 0.25) is 11.8 Å². The van der Waals surface area contributed by atoms with Crippen molar-refractivity contribution in [2.24, 2.45) is 0 Å². The van der Waals surface area contributed by atoms with E-state index in [9.17, 15) is 5.11 Å². The van der Waals surface area contributed by atoms with Crippen molar-refractivity contribution in [3.05, 3.63) is 47.3 Å². The number of anilines is 1. The maximum atomic E-state index is 10.8. The lowest BCUT2D eigenvalue weighted by atomic mass is 9.91. The number of rotatable bonds is 5. The largest absolute Gasteiger partial charge is 0.494 e. The number of aromatic hydroxyl groups is 1. The zero-order chi connectivity index (χ0) is 21.7. The van der Waals surface area contributed by atoms with Crippen LogP contribution in [-0.2, 0) is 24.1 Å². The summed E-state index contributed by atoms with van der Waals surface area (Å²) in [6, 6.07) is 7.66. The SMILES string of the molecule is COC1CN(c2ncc3c(O)n(Cc4ccc5c(c4)CCN(C4CCC4)CC5)cc3n2)C1. The zero-order valence-corrected chi connectivity index (χ0v) is 18.7. The zero-order valence-electron chi connectivity index (χ0n) is 18.7. The van der Waals surface area contributed by atoms with E-state index in [0.717, 1.165) is 37.5 Å². The fourth-order valence-corrected chi connectivity index (χ4v) is 5.25. The van der Waals surface area contributed by atoms with Gasteiger partial charge in [-0.3, -0.25) is 4.90 Å². The molecule has 1 N–H and O–H groups in total. The molecule has 168 valence electrons. The second kappa shape index (κ2) is 8.05. The van der Waals surface area contributed by atoms with Gasteiger partial charge in [0, 0.05) is 51.7 Å². The Bertz CT molecular complexity index is 1130. The van der Waals surface area contributed by atoms with Crippen molar-refractivity contribution < 1.29 is 9.84 Å². The summed E-state index contributed by atoms with van der Waals surface area (Å²) in [6.07, 6.45) is 10.3. The van der Waals surface area contributed by atoms with Crippen molar-refractivity contribution in [3.63, 3.8) is 0 Å². The van der Waals surface area contributed by atoms with Crippen LogP contribution in [0, 0.1) is 0 Å². The highest BCUT2D eigenvalue weighted by molar-refractivity contribution is 5.84. The monoisotopic (exact) mass is 433 g/mol. The molecule has 0 spiro atoms. The highest BCUT2D eigenvalue weighted by Gasteiger charge is 2.29. The van der Waals surface area contributed by atoms with Crippen LogP contribution in [0.2, 0.25) is 0 Å². The number of aromatic nitrogens is 3. The van der Waals surface area contributed by atoms with Crippen LogP contribution in [0.25, 0.3) is 10.9 Å². The molecular weight excluding hydrogens is 402 g/mol. The minimum atomic E-state index is 0.232. The van der Waals surface area contributed by atoms with E-state index < -0.39 is 0 Å². The highest BCUT2D eigenvalue weighted by atomic mass is 16.5. The molecule has 6 rings (SSSR count). The first-order chi connectivity index (χ1) is 15.7. The predicted molar refractivity (Wildman–Crippen MR) is 124 cm³/mol. The fraction of sp³-hybridized carbons (Fsp3) is 0.520. The Balaban J connectivity index is 1.20. The Morgan fingerprint density at radius 1 is 1.12 bits per heavy atom. The van der Waals surface area contributed by atoms with Crippen molar-refractivity contribution in [1.82, 2.24) is 19.4 Å². The molecule has 3 aliphatic rings. The lowest BCUT2D eigenvalue weighted by molar-refractivity contribution is 0.0778. The van der Waals surface area contributed by atoms with Gasteiger partial charge in [-0.05, 0) is 42.4 Å². The van der Waals surface area contributed by atoms with E-state index in [-0.39, 0.29) is 12.0 Å². The third kappa shape index (κ3) is 3.53. The van der Waals surface area contributed by atoms with E-state index in [0.29, 0.717) is 17.9 Å². The van der Waals surface area contributed by atoms with Crippen LogP contribution in [0.15, 0.2) is 30.6 Å². The topological polar surface area (TPSA) is 66.7 Å². The van der Waals surface area contributed by atoms with Gasteiger partial charge in [-0.2, -0.15) is 0 Å². The van der Waals surface area contributed by atoms with Crippen molar-refractivity contribution in [2.75, 3.05) is 38.2 Å². The molecule has 32 heavy (non-hydrogen) atoms. The summed E-state index contributed by atoms with van der Waals surface area (Å²) in [5, 5.41) is 11.5. The molecule has 0 atom stereocenters. The molecule has 0 bridgehead atoms. The van der Waals surface area contributed by atoms with Crippen molar-refractivity contribution in [1.29, 1.82) is 0 Å². The summed E-state index contributed by atoms with van der Waals surface area (Å²) in [7, 11) is 1.73. The van der Waals surface area contributed by atoms with Gasteiger partial charge in [0.1, 0.15) is 0 Å². The summed E-state index contributed by atoms with van der Waals surface area (Å²) < 4.78 is 7.23. The van der Waals surface area contributed by atoms with Crippen LogP contribution in [0.5, 0.6) is 5.88 Å². The molecule has 2 aliphatic heterocycles. The van der Waals surface area contributed by atoms with E-state index in [1.54, 1.807) is 13.3 Å². The summed E-state index contributed by atoms with van der Waals surface area (Å²) in [5.41, 5.74) is 4.94. The Kier molecular flexibility index (Phi) is 5.03. The van der Waals surface area contributed by atoms with E-state index >= 15 is 0 Å². The molecule has 7 heteroatoms. The third-order valence-electron chi connectivity index (χ3n) is 7.61. The molecule has 1 aromatic carbocycles. The van der Waals surface area contributed by atoms with E-state index in [4.69, 9.17) is 4.74 Å². The normalized spacial score (nSPS) is 20.1. The number of hydrogen-bond acceptors (Lipinski definition) is 6. The lowest BCUT2D eigenvalue weighted by Gasteiger charge is -2.37. The minimum Gasteiger partial charge on any atom is -0.494 e. The lowest BCUT2D eigenvalue weighted by Crippen LogP contribution is -2.52. The number of benzene rings is 1. The molecular formula is C25H31N5O2. The van der Waals surface area contributed by atoms with E-state index in [1.807, 2.05) is 10.8 Å². The van der Waals surface area contributed by atoms with E-state index in [2.05, 4.69) is 38.0 Å². The number of nitrogens with zero attached hydrogens (tertiary/aromatic N) is 5. The smallest absolute Gasteiger partial charge is 0.226 e. The first kappa shape index (κ1) is 20.0. The predicted octanol–water partition coefficient (Wildman–Crippen LogP) is 2.97. The fourth-order valence-electron chi connectivity index (χ4n) is 5.25. The van der Waals surface area contributed by atoms with Crippen molar-refractivity contribution in [2.45, 2.75) is 50.8 Å². The van der Waals surface area contributed by atoms with Crippen LogP contribution in [-0.4, -0.2) is 70.0 Å². The minimum absolute atomic E-state index is 0.232. The molecule has 3 aromatic rings. The molecule has 0 unspecified atom stereocenters. The quantitative estimate of drug-likeness (QED) is 0.667. The van der Waals surface area contributed by atoms with Crippen molar-refractivity contribution >= 4 is 16.9 Å². The first-order valence-corrected chi connectivity index (χ1v) is 11.9. The average molecular weight is 434 g/mol. The number of ether oxygens (including phenoxy) is 1. The van der Waals surface area contributed by atoms with Gasteiger partial charge >= 0.3 is 0 Å². The van der Waals surface area contributed by atoms with Crippen LogP contribution in [0.4, 0.5) is 5.95 Å². The number of fused-ring (bicyclic) bond motifs is 2. The Morgan fingerprint density at radius 3 is 2.69 bits per heavy atom. The standard InChI is InChI=1S/C25H31N5O2/c1-32-21-14-30(15-21)25-26-12-22-23(27-25)16-29(24(22)31)13-17-5-6-18-7-9-28(20-3-2-4-20)10-8-19(18)11-17/h5-6,11-12,16,20-21,31H,2-4,7-10,13-15H2,1H3. The van der Waals surface area contributed by atoms with Gasteiger partial charge in [-0.15, -0.1) is 0 Å². The van der Waals surface area contributed by atoms with Crippen LogP contribution < -0.4 is 4.90 Å². The Hall–Kier alpha value is -2.64. The van der Waals surface area contributed by atoms with E-state index in [1.165, 1.54) is 49.0 Å². The van der Waals surface area contributed by atoms with Gasteiger partial charge < -0.3 is 19.3 Å². The number of hydrogen-bond donors (Lipinski definition) is 1. The Morgan fingerprint density at radius 2 is 1.94 bits per heavy atom. The Labute approximate surface area is 188 Å². The summed E-state index contributed by atoms with van der Waals surface area (Å²) >= 11 is 0. The van der Waals surface area contributed by atoms with Crippen LogP contribution >= 0.6 is 0 Å². The van der Waals surface area contributed by atoms with Crippen LogP contribution in [0.3, 0.4) is 0 Å². The first-order valence-electron chi connectivity index (χ1n) is 11.9. The third-order valence-corrected chi connectivity index (χ3v) is 7.61. The maximum Gasteiger partial charge on any atom is 0.226 e. The molecule has 2 fully saturated rings. The molecule has 4 heterocycles. The number of methoxy groups -OCH3 is 1. The molecule has 7 nitrogen and oxygen atoms in total.